The van der Waals surface area contributed by atoms with Crippen molar-refractivity contribution in [3.63, 3.8) is 0 Å². The van der Waals surface area contributed by atoms with E-state index >= 15 is 0 Å². The molecule has 1 N–H and O–H groups in total. The largest absolute Gasteiger partial charge is 0.354 e. The van der Waals surface area contributed by atoms with Gasteiger partial charge < -0.3 is 15.1 Å². The van der Waals surface area contributed by atoms with Crippen molar-refractivity contribution < 1.29 is 0 Å². The van der Waals surface area contributed by atoms with E-state index < -0.39 is 0 Å². The second kappa shape index (κ2) is 6.58. The Labute approximate surface area is 135 Å². The third-order valence-electron chi connectivity index (χ3n) is 3.82. The number of anilines is 3. The monoisotopic (exact) mass is 318 g/mol. The van der Waals surface area contributed by atoms with E-state index in [2.05, 4.69) is 37.0 Å². The van der Waals surface area contributed by atoms with Gasteiger partial charge in [-0.25, -0.2) is 15.0 Å². The number of rotatable bonds is 4. The normalized spacial score (nSPS) is 16.0. The minimum Gasteiger partial charge on any atom is -0.354 e. The zero-order valence-corrected chi connectivity index (χ0v) is 14.2. The summed E-state index contributed by atoms with van der Waals surface area (Å²) >= 11 is 1.63. The molecule has 7 heteroatoms. The summed E-state index contributed by atoms with van der Waals surface area (Å²) < 4.78 is 0. The molecule has 1 aliphatic rings. The number of hydrogen-bond donors (Lipinski definition) is 1. The zero-order chi connectivity index (χ0) is 15.5. The number of likely N-dealkylation sites (N-methyl/N-ethyl adjacent to an activating group) is 1. The molecule has 22 heavy (non-hydrogen) atoms. The first-order valence-corrected chi connectivity index (χ1v) is 8.48. The van der Waals surface area contributed by atoms with Gasteiger partial charge in [-0.05, 0) is 20.4 Å². The van der Waals surface area contributed by atoms with Crippen LogP contribution in [-0.4, -0.2) is 52.6 Å². The van der Waals surface area contributed by atoms with E-state index in [0.717, 1.165) is 55.3 Å². The summed E-state index contributed by atoms with van der Waals surface area (Å²) in [5, 5.41) is 4.16. The standard InChI is InChI=1S/C15H22N6S/c1-4-20-5-7-21(8-6-20)14-9-13(17-12(3)18-14)19-15-16-10-11(2)22-15/h9-10H,4-8H2,1-3H3,(H,16,17,18,19). The lowest BCUT2D eigenvalue weighted by Gasteiger charge is -2.34. The number of hydrogen-bond acceptors (Lipinski definition) is 7. The Morgan fingerprint density at radius 1 is 1.18 bits per heavy atom. The first-order valence-electron chi connectivity index (χ1n) is 7.66. The minimum atomic E-state index is 0.784. The molecule has 0 aliphatic carbocycles. The van der Waals surface area contributed by atoms with E-state index in [9.17, 15) is 0 Å². The molecule has 118 valence electrons. The van der Waals surface area contributed by atoms with Gasteiger partial charge in [-0.2, -0.15) is 0 Å². The second-order valence-corrected chi connectivity index (χ2v) is 6.72. The molecule has 2 aromatic rings. The van der Waals surface area contributed by atoms with E-state index in [1.54, 1.807) is 11.3 Å². The van der Waals surface area contributed by atoms with E-state index in [1.807, 2.05) is 26.1 Å². The summed E-state index contributed by atoms with van der Waals surface area (Å²) in [6.07, 6.45) is 1.87. The SMILES string of the molecule is CCN1CCN(c2cc(Nc3ncc(C)s3)nc(C)n2)CC1. The van der Waals surface area contributed by atoms with Gasteiger partial charge in [0.15, 0.2) is 5.13 Å². The van der Waals surface area contributed by atoms with Gasteiger partial charge in [0.25, 0.3) is 0 Å². The lowest BCUT2D eigenvalue weighted by Crippen LogP contribution is -2.46. The van der Waals surface area contributed by atoms with E-state index in [1.165, 1.54) is 4.88 Å². The van der Waals surface area contributed by atoms with Crippen molar-refractivity contribution in [2.45, 2.75) is 20.8 Å². The Balaban J connectivity index is 1.75. The molecule has 0 unspecified atom stereocenters. The Hall–Kier alpha value is -1.73. The summed E-state index contributed by atoms with van der Waals surface area (Å²) in [6.45, 7) is 11.5. The molecule has 6 nitrogen and oxygen atoms in total. The summed E-state index contributed by atoms with van der Waals surface area (Å²) in [5.41, 5.74) is 0. The van der Waals surface area contributed by atoms with E-state index in [0.29, 0.717) is 0 Å². The van der Waals surface area contributed by atoms with Crippen molar-refractivity contribution in [1.82, 2.24) is 19.9 Å². The van der Waals surface area contributed by atoms with Crippen molar-refractivity contribution in [2.24, 2.45) is 0 Å². The van der Waals surface area contributed by atoms with E-state index in [4.69, 9.17) is 0 Å². The minimum absolute atomic E-state index is 0.784. The lowest BCUT2D eigenvalue weighted by atomic mass is 10.3. The Morgan fingerprint density at radius 2 is 1.95 bits per heavy atom. The summed E-state index contributed by atoms with van der Waals surface area (Å²) in [5.74, 6) is 2.60. The Kier molecular flexibility index (Phi) is 4.54. The van der Waals surface area contributed by atoms with Crippen molar-refractivity contribution in [3.05, 3.63) is 23.0 Å². The maximum absolute atomic E-state index is 4.59. The van der Waals surface area contributed by atoms with E-state index in [-0.39, 0.29) is 0 Å². The van der Waals surface area contributed by atoms with Gasteiger partial charge in [0.2, 0.25) is 0 Å². The van der Waals surface area contributed by atoms with Crippen LogP contribution in [0.5, 0.6) is 0 Å². The van der Waals surface area contributed by atoms with Crippen LogP contribution < -0.4 is 10.2 Å². The quantitative estimate of drug-likeness (QED) is 0.934. The second-order valence-electron chi connectivity index (χ2n) is 5.48. The summed E-state index contributed by atoms with van der Waals surface area (Å²) in [6, 6.07) is 2.02. The molecule has 0 bridgehead atoms. The predicted octanol–water partition coefficient (Wildman–Crippen LogP) is 2.44. The molecule has 1 aliphatic heterocycles. The molecule has 3 rings (SSSR count). The lowest BCUT2D eigenvalue weighted by molar-refractivity contribution is 0.270. The summed E-state index contributed by atoms with van der Waals surface area (Å²) in [4.78, 5) is 19.4. The predicted molar refractivity (Wildman–Crippen MR) is 91.2 cm³/mol. The van der Waals surface area contributed by atoms with Gasteiger partial charge in [0.1, 0.15) is 17.5 Å². The highest BCUT2D eigenvalue weighted by Gasteiger charge is 2.18. The molecule has 0 saturated carbocycles. The summed E-state index contributed by atoms with van der Waals surface area (Å²) in [7, 11) is 0. The molecule has 0 atom stereocenters. The van der Waals surface area contributed by atoms with Gasteiger partial charge in [0.05, 0.1) is 0 Å². The highest BCUT2D eigenvalue weighted by Crippen LogP contribution is 2.23. The van der Waals surface area contributed by atoms with Gasteiger partial charge in [-0.3, -0.25) is 0 Å². The van der Waals surface area contributed by atoms with Crippen LogP contribution in [0, 0.1) is 13.8 Å². The Bertz CT molecular complexity index is 633. The maximum atomic E-state index is 4.59. The first-order chi connectivity index (χ1) is 10.6. The molecule has 2 aromatic heterocycles. The van der Waals surface area contributed by atoms with Gasteiger partial charge >= 0.3 is 0 Å². The number of aromatic nitrogens is 3. The van der Waals surface area contributed by atoms with Crippen LogP contribution in [0.25, 0.3) is 0 Å². The zero-order valence-electron chi connectivity index (χ0n) is 13.3. The van der Waals surface area contributed by atoms with Crippen LogP contribution in [0.2, 0.25) is 0 Å². The fourth-order valence-electron chi connectivity index (χ4n) is 2.59. The fraction of sp³-hybridized carbons (Fsp3) is 0.533. The van der Waals surface area contributed by atoms with Crippen LogP contribution in [0.4, 0.5) is 16.8 Å². The van der Waals surface area contributed by atoms with Crippen LogP contribution in [0.15, 0.2) is 12.3 Å². The number of piperazine rings is 1. The molecule has 1 fully saturated rings. The first kappa shape index (κ1) is 15.2. The maximum Gasteiger partial charge on any atom is 0.188 e. The molecule has 0 amide bonds. The fourth-order valence-corrected chi connectivity index (χ4v) is 3.26. The molecular weight excluding hydrogens is 296 g/mol. The van der Waals surface area contributed by atoms with Gasteiger partial charge in [-0.1, -0.05) is 6.92 Å². The van der Waals surface area contributed by atoms with Crippen LogP contribution >= 0.6 is 11.3 Å². The third kappa shape index (κ3) is 3.53. The topological polar surface area (TPSA) is 57.2 Å². The van der Waals surface area contributed by atoms with Crippen molar-refractivity contribution in [3.8, 4) is 0 Å². The molecular formula is C15H22N6S. The number of aryl methyl sites for hydroxylation is 2. The highest BCUT2D eigenvalue weighted by molar-refractivity contribution is 7.15. The number of thiazole rings is 1. The van der Waals surface area contributed by atoms with Crippen molar-refractivity contribution >= 4 is 28.1 Å². The van der Waals surface area contributed by atoms with Crippen molar-refractivity contribution in [1.29, 1.82) is 0 Å². The number of nitrogens with zero attached hydrogens (tertiary/aromatic N) is 5. The van der Waals surface area contributed by atoms with Crippen LogP contribution in [0.3, 0.4) is 0 Å². The smallest absolute Gasteiger partial charge is 0.188 e. The molecule has 0 aromatic carbocycles. The van der Waals surface area contributed by atoms with Crippen molar-refractivity contribution in [2.75, 3.05) is 42.9 Å². The Morgan fingerprint density at radius 3 is 2.59 bits per heavy atom. The average Bonchev–Trinajstić information content (AvgIpc) is 2.92. The third-order valence-corrected chi connectivity index (χ3v) is 4.65. The highest BCUT2D eigenvalue weighted by atomic mass is 32.1. The molecule has 3 heterocycles. The molecule has 0 radical (unpaired) electrons. The van der Waals surface area contributed by atoms with Gasteiger partial charge in [-0.15, -0.1) is 11.3 Å². The van der Waals surface area contributed by atoms with Crippen LogP contribution in [0.1, 0.15) is 17.6 Å². The number of nitrogens with one attached hydrogen (secondary N) is 1. The van der Waals surface area contributed by atoms with Gasteiger partial charge in [0, 0.05) is 43.3 Å². The van der Waals surface area contributed by atoms with Crippen LogP contribution in [-0.2, 0) is 0 Å². The molecule has 0 spiro atoms. The molecule has 1 saturated heterocycles. The average molecular weight is 318 g/mol.